The molecule has 0 bridgehead atoms. The summed E-state index contributed by atoms with van der Waals surface area (Å²) in [5.74, 6) is -0.963. The Labute approximate surface area is 116 Å². The van der Waals surface area contributed by atoms with Gasteiger partial charge < -0.3 is 9.84 Å². The normalized spacial score (nSPS) is 18.4. The first-order valence-corrected chi connectivity index (χ1v) is 6.67. The van der Waals surface area contributed by atoms with Crippen molar-refractivity contribution < 1.29 is 14.6 Å². The molecule has 20 heavy (non-hydrogen) atoms. The number of aryl methyl sites for hydroxylation is 1. The lowest BCUT2D eigenvalue weighted by molar-refractivity contribution is 0.0679. The molecule has 1 aromatic carbocycles. The lowest BCUT2D eigenvalue weighted by atomic mass is 10.1. The molecule has 0 amide bonds. The minimum Gasteiger partial charge on any atom is -0.478 e. The van der Waals surface area contributed by atoms with Crippen LogP contribution in [-0.2, 0) is 4.74 Å². The summed E-state index contributed by atoms with van der Waals surface area (Å²) in [5, 5.41) is 13.6. The second-order valence-corrected chi connectivity index (χ2v) is 4.95. The Morgan fingerprint density at radius 1 is 1.45 bits per heavy atom. The lowest BCUT2D eigenvalue weighted by Gasteiger charge is -2.15. The first-order valence-electron chi connectivity index (χ1n) is 6.67. The molecule has 1 aliphatic rings. The third kappa shape index (κ3) is 2.10. The van der Waals surface area contributed by atoms with Gasteiger partial charge >= 0.3 is 5.97 Å². The number of hydrogen-bond donors (Lipinski definition) is 1. The number of benzene rings is 1. The fraction of sp³-hybridized carbons (Fsp3) is 0.333. The van der Waals surface area contributed by atoms with Crippen LogP contribution in [0.4, 0.5) is 0 Å². The Kier molecular flexibility index (Phi) is 3.28. The van der Waals surface area contributed by atoms with Crippen LogP contribution in [0.2, 0.25) is 0 Å². The average Bonchev–Trinajstić information content (AvgIpc) is 3.07. The number of carboxylic acids is 1. The zero-order chi connectivity index (χ0) is 14.1. The average molecular weight is 272 g/mol. The molecule has 0 aliphatic carbocycles. The molecule has 1 atom stereocenters. The van der Waals surface area contributed by atoms with Gasteiger partial charge in [-0.25, -0.2) is 9.48 Å². The van der Waals surface area contributed by atoms with Gasteiger partial charge in [-0.05, 0) is 31.4 Å². The SMILES string of the molecule is Cc1ccccc1-n1ncc(C(=O)O)c1C1CCCO1. The van der Waals surface area contributed by atoms with E-state index in [2.05, 4.69) is 5.10 Å². The Morgan fingerprint density at radius 2 is 2.25 bits per heavy atom. The molecule has 2 aromatic rings. The zero-order valence-electron chi connectivity index (χ0n) is 11.2. The molecule has 2 heterocycles. The van der Waals surface area contributed by atoms with E-state index in [9.17, 15) is 9.90 Å². The third-order valence-electron chi connectivity index (χ3n) is 3.62. The van der Waals surface area contributed by atoms with Crippen LogP contribution in [0.15, 0.2) is 30.5 Å². The van der Waals surface area contributed by atoms with Gasteiger partial charge in [-0.2, -0.15) is 5.10 Å². The highest BCUT2D eigenvalue weighted by Crippen LogP contribution is 2.32. The Hall–Kier alpha value is -2.14. The summed E-state index contributed by atoms with van der Waals surface area (Å²) >= 11 is 0. The van der Waals surface area contributed by atoms with Crippen molar-refractivity contribution in [3.05, 3.63) is 47.3 Å². The number of para-hydroxylation sites is 1. The second kappa shape index (κ2) is 5.09. The molecular formula is C15H16N2O3. The van der Waals surface area contributed by atoms with E-state index in [0.29, 0.717) is 12.3 Å². The van der Waals surface area contributed by atoms with Crippen LogP contribution < -0.4 is 0 Å². The minimum atomic E-state index is -0.963. The predicted octanol–water partition coefficient (Wildman–Crippen LogP) is 2.73. The molecule has 104 valence electrons. The van der Waals surface area contributed by atoms with Crippen LogP contribution in [0, 0.1) is 6.92 Å². The van der Waals surface area contributed by atoms with Gasteiger partial charge in [0.05, 0.1) is 17.6 Å². The maximum absolute atomic E-state index is 11.4. The molecule has 0 saturated carbocycles. The molecule has 0 spiro atoms. The fourth-order valence-corrected chi connectivity index (χ4v) is 2.62. The number of aromatic carboxylic acids is 1. The van der Waals surface area contributed by atoms with Crippen LogP contribution in [0.25, 0.3) is 5.69 Å². The summed E-state index contributed by atoms with van der Waals surface area (Å²) in [4.78, 5) is 11.4. The zero-order valence-corrected chi connectivity index (χ0v) is 11.2. The Morgan fingerprint density at radius 3 is 2.90 bits per heavy atom. The van der Waals surface area contributed by atoms with Crippen molar-refractivity contribution in [3.8, 4) is 5.69 Å². The summed E-state index contributed by atoms with van der Waals surface area (Å²) < 4.78 is 7.37. The second-order valence-electron chi connectivity index (χ2n) is 4.95. The van der Waals surface area contributed by atoms with Crippen molar-refractivity contribution in [1.29, 1.82) is 0 Å². The lowest BCUT2D eigenvalue weighted by Crippen LogP contribution is -2.12. The maximum Gasteiger partial charge on any atom is 0.339 e. The smallest absolute Gasteiger partial charge is 0.339 e. The molecule has 3 rings (SSSR count). The Balaban J connectivity index is 2.16. The third-order valence-corrected chi connectivity index (χ3v) is 3.62. The molecule has 1 aromatic heterocycles. The highest BCUT2D eigenvalue weighted by atomic mass is 16.5. The van der Waals surface area contributed by atoms with Gasteiger partial charge in [-0.3, -0.25) is 0 Å². The number of hydrogen-bond acceptors (Lipinski definition) is 3. The topological polar surface area (TPSA) is 64.4 Å². The molecule has 1 fully saturated rings. The van der Waals surface area contributed by atoms with Gasteiger partial charge in [0.1, 0.15) is 11.7 Å². The number of carbonyl (C=O) groups is 1. The summed E-state index contributed by atoms with van der Waals surface area (Å²) in [6, 6.07) is 7.79. The highest BCUT2D eigenvalue weighted by Gasteiger charge is 2.28. The van der Waals surface area contributed by atoms with Crippen LogP contribution in [0.5, 0.6) is 0 Å². The van der Waals surface area contributed by atoms with E-state index in [0.717, 1.165) is 24.1 Å². The summed E-state index contributed by atoms with van der Waals surface area (Å²) in [7, 11) is 0. The van der Waals surface area contributed by atoms with E-state index in [-0.39, 0.29) is 11.7 Å². The first-order chi connectivity index (χ1) is 9.68. The summed E-state index contributed by atoms with van der Waals surface area (Å²) in [6.07, 6.45) is 3.00. The van der Waals surface area contributed by atoms with E-state index in [1.165, 1.54) is 6.20 Å². The summed E-state index contributed by atoms with van der Waals surface area (Å²) in [5.41, 5.74) is 2.81. The largest absolute Gasteiger partial charge is 0.478 e. The predicted molar refractivity (Wildman–Crippen MR) is 73.2 cm³/mol. The maximum atomic E-state index is 11.4. The number of carboxylic acid groups (broad SMARTS) is 1. The van der Waals surface area contributed by atoms with Crippen molar-refractivity contribution >= 4 is 5.97 Å². The number of nitrogens with zero attached hydrogens (tertiary/aromatic N) is 2. The van der Waals surface area contributed by atoms with Gasteiger partial charge in [0.25, 0.3) is 0 Å². The van der Waals surface area contributed by atoms with Crippen LogP contribution in [0.3, 0.4) is 0 Å². The van der Waals surface area contributed by atoms with Crippen molar-refractivity contribution in [2.75, 3.05) is 6.61 Å². The molecule has 5 nitrogen and oxygen atoms in total. The van der Waals surface area contributed by atoms with E-state index in [1.54, 1.807) is 4.68 Å². The van der Waals surface area contributed by atoms with Crippen molar-refractivity contribution in [1.82, 2.24) is 9.78 Å². The van der Waals surface area contributed by atoms with E-state index in [4.69, 9.17) is 4.74 Å². The van der Waals surface area contributed by atoms with Gasteiger partial charge in [0.15, 0.2) is 0 Å². The van der Waals surface area contributed by atoms with Crippen LogP contribution in [-0.4, -0.2) is 27.5 Å². The molecule has 5 heteroatoms. The molecule has 1 N–H and O–H groups in total. The molecule has 1 unspecified atom stereocenters. The quantitative estimate of drug-likeness (QED) is 0.933. The van der Waals surface area contributed by atoms with Gasteiger partial charge in [-0.1, -0.05) is 18.2 Å². The van der Waals surface area contributed by atoms with Gasteiger partial charge in [0.2, 0.25) is 0 Å². The molecule has 1 aliphatic heterocycles. The van der Waals surface area contributed by atoms with Crippen molar-refractivity contribution in [3.63, 3.8) is 0 Å². The monoisotopic (exact) mass is 272 g/mol. The van der Waals surface area contributed by atoms with Gasteiger partial charge in [0, 0.05) is 6.61 Å². The number of rotatable bonds is 3. The van der Waals surface area contributed by atoms with E-state index >= 15 is 0 Å². The number of aromatic nitrogens is 2. The summed E-state index contributed by atoms with van der Waals surface area (Å²) in [6.45, 7) is 2.65. The minimum absolute atomic E-state index is 0.191. The Bertz CT molecular complexity index is 642. The van der Waals surface area contributed by atoms with Crippen LogP contribution in [0.1, 0.15) is 40.6 Å². The van der Waals surface area contributed by atoms with E-state index in [1.807, 2.05) is 31.2 Å². The van der Waals surface area contributed by atoms with Gasteiger partial charge in [-0.15, -0.1) is 0 Å². The van der Waals surface area contributed by atoms with Crippen molar-refractivity contribution in [2.45, 2.75) is 25.9 Å². The standard InChI is InChI=1S/C15H16N2O3/c1-10-5-2-3-6-12(10)17-14(13-7-4-8-20-13)11(9-16-17)15(18)19/h2-3,5-6,9,13H,4,7-8H2,1H3,(H,18,19). The molecular weight excluding hydrogens is 256 g/mol. The fourth-order valence-electron chi connectivity index (χ4n) is 2.62. The molecule has 0 radical (unpaired) electrons. The van der Waals surface area contributed by atoms with Crippen LogP contribution >= 0.6 is 0 Å². The first kappa shape index (κ1) is 12.9. The van der Waals surface area contributed by atoms with Crippen molar-refractivity contribution in [2.24, 2.45) is 0 Å². The highest BCUT2D eigenvalue weighted by molar-refractivity contribution is 5.89. The molecule has 1 saturated heterocycles. The van der Waals surface area contributed by atoms with E-state index < -0.39 is 5.97 Å². The number of ether oxygens (including phenoxy) is 1.